The van der Waals surface area contributed by atoms with Crippen LogP contribution in [0.15, 0.2) is 23.6 Å². The van der Waals surface area contributed by atoms with E-state index in [9.17, 15) is 0 Å². The molecule has 3 N–H and O–H groups in total. The van der Waals surface area contributed by atoms with Crippen LogP contribution in [0, 0.1) is 5.92 Å². The van der Waals surface area contributed by atoms with Gasteiger partial charge >= 0.3 is 0 Å². The lowest BCUT2D eigenvalue weighted by Gasteiger charge is -2.36. The van der Waals surface area contributed by atoms with E-state index in [0.29, 0.717) is 0 Å². The molecule has 2 fully saturated rings. The van der Waals surface area contributed by atoms with Crippen LogP contribution >= 0.6 is 0 Å². The molecule has 6 nitrogen and oxygen atoms in total. The largest absolute Gasteiger partial charge is 0.409 e. The molecule has 0 bridgehead atoms. The zero-order chi connectivity index (χ0) is 13.9. The van der Waals surface area contributed by atoms with Gasteiger partial charge in [-0.1, -0.05) is 5.16 Å². The van der Waals surface area contributed by atoms with E-state index in [0.717, 1.165) is 43.3 Å². The van der Waals surface area contributed by atoms with Crippen molar-refractivity contribution >= 4 is 11.5 Å². The van der Waals surface area contributed by atoms with Crippen LogP contribution in [0.25, 0.3) is 0 Å². The Kier molecular flexibility index (Phi) is 3.73. The highest BCUT2D eigenvalue weighted by molar-refractivity contribution is 6.02. The maximum absolute atomic E-state index is 8.87. The second kappa shape index (κ2) is 5.66. The van der Waals surface area contributed by atoms with Crippen molar-refractivity contribution < 1.29 is 5.21 Å². The Bertz CT molecular complexity index is 492. The molecule has 0 aromatic carbocycles. The molecule has 2 aliphatic rings. The van der Waals surface area contributed by atoms with E-state index in [1.165, 1.54) is 19.4 Å². The lowest BCUT2D eigenvalue weighted by atomic mass is 10.1. The summed E-state index contributed by atoms with van der Waals surface area (Å²) in [5, 5.41) is 12.0. The predicted molar refractivity (Wildman–Crippen MR) is 78.1 cm³/mol. The third-order valence-electron chi connectivity index (χ3n) is 4.11. The lowest BCUT2D eigenvalue weighted by molar-refractivity contribution is 0.248. The standard InChI is InChI=1S/C14H21N5O/c15-14(17-20)12-3-4-16-9-13(12)19-7-5-18(6-8-19)10-11-1-2-11/h3-4,9,11,20H,1-2,5-8,10H2,(H2,15,17). The molecule has 1 aromatic heterocycles. The van der Waals surface area contributed by atoms with Crippen molar-refractivity contribution in [3.05, 3.63) is 24.0 Å². The van der Waals surface area contributed by atoms with Gasteiger partial charge in [-0.3, -0.25) is 9.88 Å². The quantitative estimate of drug-likeness (QED) is 0.366. The fraction of sp³-hybridized carbons (Fsp3) is 0.571. The first kappa shape index (κ1) is 13.2. The van der Waals surface area contributed by atoms with Crippen LogP contribution < -0.4 is 10.6 Å². The van der Waals surface area contributed by atoms with Gasteiger partial charge in [0.25, 0.3) is 0 Å². The first-order valence-corrected chi connectivity index (χ1v) is 7.17. The molecule has 1 aliphatic heterocycles. The Labute approximate surface area is 118 Å². The number of oxime groups is 1. The number of rotatable bonds is 4. The molecule has 1 saturated heterocycles. The zero-order valence-electron chi connectivity index (χ0n) is 11.6. The van der Waals surface area contributed by atoms with Gasteiger partial charge in [0.2, 0.25) is 0 Å². The summed E-state index contributed by atoms with van der Waals surface area (Å²) in [4.78, 5) is 8.97. The highest BCUT2D eigenvalue weighted by Gasteiger charge is 2.27. The predicted octanol–water partition coefficient (Wildman–Crippen LogP) is 0.708. The van der Waals surface area contributed by atoms with Gasteiger partial charge in [0.15, 0.2) is 5.84 Å². The van der Waals surface area contributed by atoms with Crippen molar-refractivity contribution in [2.75, 3.05) is 37.6 Å². The minimum atomic E-state index is 0.141. The zero-order valence-corrected chi connectivity index (χ0v) is 11.6. The van der Waals surface area contributed by atoms with E-state index in [-0.39, 0.29) is 5.84 Å². The van der Waals surface area contributed by atoms with Gasteiger partial charge in [-0.25, -0.2) is 0 Å². The van der Waals surface area contributed by atoms with Crippen LogP contribution in [0.2, 0.25) is 0 Å². The number of hydrogen-bond donors (Lipinski definition) is 2. The number of aromatic nitrogens is 1. The highest BCUT2D eigenvalue weighted by Crippen LogP contribution is 2.30. The number of piperazine rings is 1. The average molecular weight is 275 g/mol. The van der Waals surface area contributed by atoms with Crippen LogP contribution in [0.3, 0.4) is 0 Å². The Morgan fingerprint density at radius 1 is 1.35 bits per heavy atom. The molecule has 3 rings (SSSR count). The van der Waals surface area contributed by atoms with Gasteiger partial charge in [0.05, 0.1) is 11.9 Å². The Morgan fingerprint density at radius 3 is 2.75 bits per heavy atom. The molecule has 0 radical (unpaired) electrons. The van der Waals surface area contributed by atoms with E-state index < -0.39 is 0 Å². The number of amidine groups is 1. The Hall–Kier alpha value is -1.82. The average Bonchev–Trinajstić information content (AvgIpc) is 3.31. The van der Waals surface area contributed by atoms with Crippen molar-refractivity contribution in [3.63, 3.8) is 0 Å². The van der Waals surface area contributed by atoms with Crippen molar-refractivity contribution in [1.29, 1.82) is 0 Å². The number of hydrogen-bond acceptors (Lipinski definition) is 5. The van der Waals surface area contributed by atoms with Gasteiger partial charge in [-0.05, 0) is 24.8 Å². The van der Waals surface area contributed by atoms with E-state index in [1.807, 2.05) is 0 Å². The summed E-state index contributed by atoms with van der Waals surface area (Å²) >= 11 is 0. The van der Waals surface area contributed by atoms with Crippen molar-refractivity contribution in [2.24, 2.45) is 16.8 Å². The maximum atomic E-state index is 8.87. The fourth-order valence-electron chi connectivity index (χ4n) is 2.75. The van der Waals surface area contributed by atoms with Crippen molar-refractivity contribution in [3.8, 4) is 0 Å². The second-order valence-electron chi connectivity index (χ2n) is 5.61. The molecule has 2 heterocycles. The number of nitrogens with zero attached hydrogens (tertiary/aromatic N) is 4. The normalized spacial score (nSPS) is 21.2. The molecular formula is C14H21N5O. The summed E-state index contributed by atoms with van der Waals surface area (Å²) in [7, 11) is 0. The molecule has 1 saturated carbocycles. The third-order valence-corrected chi connectivity index (χ3v) is 4.11. The third kappa shape index (κ3) is 2.85. The lowest BCUT2D eigenvalue weighted by Crippen LogP contribution is -2.47. The van der Waals surface area contributed by atoms with Crippen LogP contribution in [-0.4, -0.2) is 53.7 Å². The minimum Gasteiger partial charge on any atom is -0.409 e. The van der Waals surface area contributed by atoms with Gasteiger partial charge in [0, 0.05) is 44.5 Å². The summed E-state index contributed by atoms with van der Waals surface area (Å²) in [5.74, 6) is 1.08. The number of nitrogens with two attached hydrogens (primary N) is 1. The van der Waals surface area contributed by atoms with Crippen molar-refractivity contribution in [1.82, 2.24) is 9.88 Å². The first-order valence-electron chi connectivity index (χ1n) is 7.17. The fourth-order valence-corrected chi connectivity index (χ4v) is 2.75. The maximum Gasteiger partial charge on any atom is 0.172 e. The minimum absolute atomic E-state index is 0.141. The summed E-state index contributed by atoms with van der Waals surface area (Å²) in [6, 6.07) is 1.79. The van der Waals surface area contributed by atoms with Crippen LogP contribution in [0.4, 0.5) is 5.69 Å². The Balaban J connectivity index is 1.68. The summed E-state index contributed by atoms with van der Waals surface area (Å²) < 4.78 is 0. The molecule has 1 aliphatic carbocycles. The molecule has 1 aromatic rings. The molecule has 6 heteroatoms. The van der Waals surface area contributed by atoms with E-state index >= 15 is 0 Å². The molecule has 0 amide bonds. The summed E-state index contributed by atoms with van der Waals surface area (Å²) in [6.07, 6.45) is 6.26. The SMILES string of the molecule is N/C(=N/O)c1ccncc1N1CCN(CC2CC2)CC1. The van der Waals surface area contributed by atoms with Crippen molar-refractivity contribution in [2.45, 2.75) is 12.8 Å². The van der Waals surface area contributed by atoms with Gasteiger partial charge in [0.1, 0.15) is 0 Å². The highest BCUT2D eigenvalue weighted by atomic mass is 16.4. The molecule has 20 heavy (non-hydrogen) atoms. The molecule has 108 valence electrons. The van der Waals surface area contributed by atoms with Gasteiger partial charge in [-0.2, -0.15) is 0 Å². The molecule has 0 atom stereocenters. The smallest absolute Gasteiger partial charge is 0.172 e. The molecular weight excluding hydrogens is 254 g/mol. The van der Waals surface area contributed by atoms with Gasteiger partial charge in [-0.15, -0.1) is 0 Å². The first-order chi connectivity index (χ1) is 9.78. The van der Waals surface area contributed by atoms with E-state index in [4.69, 9.17) is 10.9 Å². The topological polar surface area (TPSA) is 78.0 Å². The van der Waals surface area contributed by atoms with E-state index in [2.05, 4.69) is 19.9 Å². The number of pyridine rings is 1. The summed E-state index contributed by atoms with van der Waals surface area (Å²) in [5.41, 5.74) is 7.44. The number of anilines is 1. The summed E-state index contributed by atoms with van der Waals surface area (Å²) in [6.45, 7) is 5.31. The van der Waals surface area contributed by atoms with Gasteiger partial charge < -0.3 is 15.8 Å². The molecule has 0 unspecified atom stereocenters. The second-order valence-corrected chi connectivity index (χ2v) is 5.61. The van der Waals surface area contributed by atoms with Crippen LogP contribution in [0.1, 0.15) is 18.4 Å². The van der Waals surface area contributed by atoms with Crippen LogP contribution in [-0.2, 0) is 0 Å². The molecule has 0 spiro atoms. The monoisotopic (exact) mass is 275 g/mol. The van der Waals surface area contributed by atoms with Crippen LogP contribution in [0.5, 0.6) is 0 Å². The van der Waals surface area contributed by atoms with E-state index in [1.54, 1.807) is 18.5 Å². The Morgan fingerprint density at radius 2 is 2.10 bits per heavy atom.